The van der Waals surface area contributed by atoms with Gasteiger partial charge in [-0.1, -0.05) is 61.8 Å². The van der Waals surface area contributed by atoms with Crippen LogP contribution in [0.1, 0.15) is 61.3 Å². The lowest BCUT2D eigenvalue weighted by atomic mass is 9.86. The molecule has 0 radical (unpaired) electrons. The van der Waals surface area contributed by atoms with Crippen molar-refractivity contribution in [2.75, 3.05) is 13.1 Å². The summed E-state index contributed by atoms with van der Waals surface area (Å²) >= 11 is 6.07. The molecule has 0 bridgehead atoms. The van der Waals surface area contributed by atoms with Gasteiger partial charge in [-0.15, -0.1) is 0 Å². The summed E-state index contributed by atoms with van der Waals surface area (Å²) < 4.78 is 5.54. The smallest absolute Gasteiger partial charge is 0.253 e. The van der Waals surface area contributed by atoms with E-state index in [1.807, 2.05) is 53.4 Å². The molecule has 0 unspecified atom stereocenters. The maximum atomic E-state index is 13.0. The van der Waals surface area contributed by atoms with Crippen molar-refractivity contribution in [3.8, 4) is 11.4 Å². The van der Waals surface area contributed by atoms with Crippen LogP contribution in [0.4, 0.5) is 0 Å². The average Bonchev–Trinajstić information content (AvgIpc) is 3.23. The molecule has 6 heteroatoms. The van der Waals surface area contributed by atoms with E-state index in [9.17, 15) is 4.79 Å². The van der Waals surface area contributed by atoms with E-state index >= 15 is 0 Å². The van der Waals surface area contributed by atoms with Gasteiger partial charge in [-0.05, 0) is 48.1 Å². The highest BCUT2D eigenvalue weighted by atomic mass is 35.5. The first kappa shape index (κ1) is 20.6. The largest absolute Gasteiger partial charge is 0.339 e. The summed E-state index contributed by atoms with van der Waals surface area (Å²) in [5.74, 6) is 1.19. The molecular weight excluding hydrogens is 398 g/mol. The lowest BCUT2D eigenvalue weighted by Gasteiger charge is -2.31. The molecule has 2 heterocycles. The van der Waals surface area contributed by atoms with Gasteiger partial charge in [-0.2, -0.15) is 4.98 Å². The van der Waals surface area contributed by atoms with Crippen molar-refractivity contribution in [2.24, 2.45) is 0 Å². The third-order valence-electron chi connectivity index (χ3n) is 5.58. The second kappa shape index (κ2) is 8.23. The molecule has 0 N–H and O–H groups in total. The number of carbonyl (C=O) groups excluding carboxylic acids is 1. The molecule has 0 saturated carbocycles. The number of hydrogen-bond donors (Lipinski definition) is 0. The molecule has 4 rings (SSSR count). The zero-order valence-electron chi connectivity index (χ0n) is 17.6. The second-order valence-corrected chi connectivity index (χ2v) is 9.32. The highest BCUT2D eigenvalue weighted by Gasteiger charge is 2.29. The Morgan fingerprint density at radius 1 is 1.17 bits per heavy atom. The van der Waals surface area contributed by atoms with E-state index in [0.717, 1.165) is 24.9 Å². The van der Waals surface area contributed by atoms with E-state index in [1.54, 1.807) is 0 Å². The van der Waals surface area contributed by atoms with Gasteiger partial charge in [0.05, 0.1) is 5.92 Å². The van der Waals surface area contributed by atoms with Crippen molar-refractivity contribution < 1.29 is 9.32 Å². The van der Waals surface area contributed by atoms with Gasteiger partial charge >= 0.3 is 0 Å². The van der Waals surface area contributed by atoms with Gasteiger partial charge in [-0.25, -0.2) is 0 Å². The second-order valence-electron chi connectivity index (χ2n) is 8.88. The normalized spacial score (nSPS) is 17.2. The Hall–Kier alpha value is -2.66. The monoisotopic (exact) mass is 423 g/mol. The van der Waals surface area contributed by atoms with Crippen LogP contribution in [0.2, 0.25) is 5.02 Å². The topological polar surface area (TPSA) is 59.2 Å². The van der Waals surface area contributed by atoms with E-state index in [-0.39, 0.29) is 17.2 Å². The quantitative estimate of drug-likeness (QED) is 0.541. The highest BCUT2D eigenvalue weighted by molar-refractivity contribution is 6.30. The predicted molar refractivity (Wildman–Crippen MR) is 118 cm³/mol. The molecule has 5 nitrogen and oxygen atoms in total. The highest BCUT2D eigenvalue weighted by Crippen LogP contribution is 2.29. The van der Waals surface area contributed by atoms with E-state index < -0.39 is 0 Å². The third-order valence-corrected chi connectivity index (χ3v) is 5.82. The van der Waals surface area contributed by atoms with Gasteiger partial charge in [0.1, 0.15) is 0 Å². The molecule has 1 fully saturated rings. The fraction of sp³-hybridized carbons (Fsp3) is 0.375. The number of carbonyl (C=O) groups is 1. The van der Waals surface area contributed by atoms with E-state index in [4.69, 9.17) is 16.1 Å². The fourth-order valence-corrected chi connectivity index (χ4v) is 3.99. The minimum Gasteiger partial charge on any atom is -0.339 e. The molecule has 3 aromatic rings. The molecule has 156 valence electrons. The third kappa shape index (κ3) is 4.41. The molecule has 30 heavy (non-hydrogen) atoms. The molecule has 0 spiro atoms. The number of amides is 1. The van der Waals surface area contributed by atoms with Crippen molar-refractivity contribution in [2.45, 2.75) is 44.9 Å². The first-order valence-electron chi connectivity index (χ1n) is 10.3. The number of piperidine rings is 1. The Balaban J connectivity index is 1.48. The molecule has 2 aromatic carbocycles. The Bertz CT molecular complexity index is 1040. The Kier molecular flexibility index (Phi) is 5.65. The Labute approximate surface area is 182 Å². The molecule has 1 atom stereocenters. The Morgan fingerprint density at radius 3 is 2.63 bits per heavy atom. The van der Waals surface area contributed by atoms with Gasteiger partial charge in [0.15, 0.2) is 0 Å². The van der Waals surface area contributed by atoms with Gasteiger partial charge in [0, 0.05) is 29.2 Å². The summed E-state index contributed by atoms with van der Waals surface area (Å²) in [6, 6.07) is 15.3. The number of likely N-dealkylation sites (tertiary alicyclic amines) is 1. The van der Waals surface area contributed by atoms with Gasteiger partial charge in [0.2, 0.25) is 11.7 Å². The first-order valence-corrected chi connectivity index (χ1v) is 10.7. The number of aromatic nitrogens is 2. The van der Waals surface area contributed by atoms with Crippen LogP contribution >= 0.6 is 11.6 Å². The minimum absolute atomic E-state index is 0.0389. The standard InChI is InChI=1S/C24H26ClN3O2/c1-24(2,3)19-11-9-16(10-12-19)23(29)28-13-5-7-18(15-28)22-26-21(27-30-22)17-6-4-8-20(25)14-17/h4,6,8-12,14,18H,5,7,13,15H2,1-3H3/t18-/m0/s1. The molecule has 1 amide bonds. The summed E-state index contributed by atoms with van der Waals surface area (Å²) in [4.78, 5) is 19.5. The minimum atomic E-state index is 0.0389. The summed E-state index contributed by atoms with van der Waals surface area (Å²) in [5, 5.41) is 4.75. The molecule has 1 aliphatic heterocycles. The average molecular weight is 424 g/mol. The summed E-state index contributed by atoms with van der Waals surface area (Å²) in [7, 11) is 0. The zero-order valence-corrected chi connectivity index (χ0v) is 18.3. The maximum absolute atomic E-state index is 13.0. The summed E-state index contributed by atoms with van der Waals surface area (Å²) in [6.45, 7) is 7.83. The van der Waals surface area contributed by atoms with Crippen LogP contribution in [0, 0.1) is 0 Å². The number of halogens is 1. The summed E-state index contributed by atoms with van der Waals surface area (Å²) in [6.07, 6.45) is 1.83. The number of benzene rings is 2. The van der Waals surface area contributed by atoms with Crippen LogP contribution < -0.4 is 0 Å². The van der Waals surface area contributed by atoms with Crippen molar-refractivity contribution in [3.63, 3.8) is 0 Å². The molecule has 0 aliphatic carbocycles. The lowest BCUT2D eigenvalue weighted by molar-refractivity contribution is 0.0695. The lowest BCUT2D eigenvalue weighted by Crippen LogP contribution is -2.39. The van der Waals surface area contributed by atoms with Gasteiger partial charge in [-0.3, -0.25) is 4.79 Å². The SMILES string of the molecule is CC(C)(C)c1ccc(C(=O)N2CCC[C@H](c3nc(-c4cccc(Cl)c4)no3)C2)cc1. The molecule has 1 aliphatic rings. The van der Waals surface area contributed by atoms with E-state index in [2.05, 4.69) is 30.9 Å². The fourth-order valence-electron chi connectivity index (χ4n) is 3.80. The summed E-state index contributed by atoms with van der Waals surface area (Å²) in [5.41, 5.74) is 2.82. The van der Waals surface area contributed by atoms with Crippen LogP contribution in [-0.4, -0.2) is 34.0 Å². The van der Waals surface area contributed by atoms with Crippen LogP contribution in [-0.2, 0) is 5.41 Å². The first-order chi connectivity index (χ1) is 14.3. The van der Waals surface area contributed by atoms with Crippen LogP contribution in [0.3, 0.4) is 0 Å². The van der Waals surface area contributed by atoms with Crippen molar-refractivity contribution >= 4 is 17.5 Å². The van der Waals surface area contributed by atoms with Crippen LogP contribution in [0.25, 0.3) is 11.4 Å². The number of rotatable bonds is 3. The molecular formula is C24H26ClN3O2. The van der Waals surface area contributed by atoms with Crippen molar-refractivity contribution in [3.05, 3.63) is 70.6 Å². The molecule has 1 aromatic heterocycles. The molecule has 1 saturated heterocycles. The van der Waals surface area contributed by atoms with Crippen molar-refractivity contribution in [1.82, 2.24) is 15.0 Å². The van der Waals surface area contributed by atoms with Crippen LogP contribution in [0.15, 0.2) is 53.1 Å². The maximum Gasteiger partial charge on any atom is 0.253 e. The zero-order chi connectivity index (χ0) is 21.3. The Morgan fingerprint density at radius 2 is 1.93 bits per heavy atom. The van der Waals surface area contributed by atoms with Crippen LogP contribution in [0.5, 0.6) is 0 Å². The van der Waals surface area contributed by atoms with E-state index in [0.29, 0.717) is 28.8 Å². The predicted octanol–water partition coefficient (Wildman–Crippen LogP) is 5.71. The van der Waals surface area contributed by atoms with Gasteiger partial charge in [0.25, 0.3) is 5.91 Å². The van der Waals surface area contributed by atoms with Crippen molar-refractivity contribution in [1.29, 1.82) is 0 Å². The number of nitrogens with zero attached hydrogens (tertiary/aromatic N) is 3. The number of hydrogen-bond acceptors (Lipinski definition) is 4. The van der Waals surface area contributed by atoms with Gasteiger partial charge < -0.3 is 9.42 Å². The van der Waals surface area contributed by atoms with E-state index in [1.165, 1.54) is 5.56 Å².